The molecule has 41 heavy (non-hydrogen) atoms. The first kappa shape index (κ1) is 27.4. The van der Waals surface area contributed by atoms with Gasteiger partial charge in [-0.05, 0) is 73.4 Å². The Kier molecular flexibility index (Phi) is 8.30. The van der Waals surface area contributed by atoms with E-state index in [-0.39, 0.29) is 11.8 Å². The molecule has 0 saturated heterocycles. The summed E-state index contributed by atoms with van der Waals surface area (Å²) in [7, 11) is 0. The quantitative estimate of drug-likeness (QED) is 0.238. The largest absolute Gasteiger partial charge is 0.320 e. The molecule has 0 radical (unpaired) electrons. The third-order valence-corrected chi connectivity index (χ3v) is 9.62. The smallest absolute Gasteiger partial charge is 0.269 e. The Morgan fingerprint density at radius 1 is 0.927 bits per heavy atom. The van der Waals surface area contributed by atoms with Crippen molar-refractivity contribution in [2.24, 2.45) is 4.99 Å². The van der Waals surface area contributed by atoms with Gasteiger partial charge in [0.2, 0.25) is 0 Å². The third-order valence-electron chi connectivity index (χ3n) is 7.48. The fourth-order valence-electron chi connectivity index (χ4n) is 5.22. The lowest BCUT2D eigenvalue weighted by atomic mass is 10.1. The number of anilines is 1. The summed E-state index contributed by atoms with van der Waals surface area (Å²) in [5, 5.41) is 7.51. The Hall–Kier alpha value is -3.75. The standard InChI is InChI=1S/C33H32N4O2S2/c1-2-21-15-17-23(18-16-21)30(38)36-28-25-20-24-12-7-4-8-13-26(24)35-32(25)41-29(28)31(39)37-33-34-19-9-14-27(40-33)22-10-5-3-6-11-22/h3,5-6,10-11,14-18,20H,2,4,7-9,12-13,19H2,1H3,(H,36,38)(H,34,37,39). The summed E-state index contributed by atoms with van der Waals surface area (Å²) in [4.78, 5) is 39.2. The number of aryl methyl sites for hydroxylation is 3. The topological polar surface area (TPSA) is 83.5 Å². The molecule has 1 aliphatic heterocycles. The van der Waals surface area contributed by atoms with Gasteiger partial charge in [0.05, 0.1) is 5.69 Å². The van der Waals surface area contributed by atoms with Crippen molar-refractivity contribution in [2.45, 2.75) is 51.9 Å². The fraction of sp³-hybridized carbons (Fsp3) is 0.273. The van der Waals surface area contributed by atoms with Gasteiger partial charge < -0.3 is 10.6 Å². The number of benzene rings is 2. The van der Waals surface area contributed by atoms with E-state index in [2.05, 4.69) is 46.8 Å². The molecule has 0 fully saturated rings. The Labute approximate surface area is 248 Å². The van der Waals surface area contributed by atoms with Gasteiger partial charge in [0, 0.05) is 28.1 Å². The zero-order valence-corrected chi connectivity index (χ0v) is 24.7. The monoisotopic (exact) mass is 580 g/mol. The second-order valence-corrected chi connectivity index (χ2v) is 12.3. The number of hydrogen-bond acceptors (Lipinski definition) is 6. The summed E-state index contributed by atoms with van der Waals surface area (Å²) in [5.74, 6) is -0.535. The van der Waals surface area contributed by atoms with Crippen molar-refractivity contribution in [2.75, 3.05) is 11.9 Å². The molecule has 4 aromatic rings. The van der Waals surface area contributed by atoms with Gasteiger partial charge >= 0.3 is 0 Å². The first-order valence-electron chi connectivity index (χ1n) is 14.2. The number of nitrogens with zero attached hydrogens (tertiary/aromatic N) is 2. The highest BCUT2D eigenvalue weighted by Crippen LogP contribution is 2.38. The second-order valence-electron chi connectivity index (χ2n) is 10.3. The molecule has 0 atom stereocenters. The summed E-state index contributed by atoms with van der Waals surface area (Å²) >= 11 is 2.79. The van der Waals surface area contributed by atoms with Crippen molar-refractivity contribution in [1.82, 2.24) is 10.3 Å². The number of carbonyl (C=O) groups excluding carboxylic acids is 2. The lowest BCUT2D eigenvalue weighted by molar-refractivity contribution is 0.0982. The molecule has 1 aliphatic carbocycles. The van der Waals surface area contributed by atoms with Gasteiger partial charge in [0.25, 0.3) is 11.8 Å². The maximum Gasteiger partial charge on any atom is 0.269 e. The Bertz CT molecular complexity index is 1660. The SMILES string of the molecule is CCc1ccc(C(=O)Nc2c(C(=O)NC3=NCCC=C(c4ccccc4)S3)sc3nc4c(cc23)CCCCC4)cc1. The maximum absolute atomic E-state index is 13.8. The van der Waals surface area contributed by atoms with Gasteiger partial charge in [-0.2, -0.15) is 0 Å². The van der Waals surface area contributed by atoms with E-state index in [1.54, 1.807) is 0 Å². The van der Waals surface area contributed by atoms with Gasteiger partial charge in [-0.15, -0.1) is 11.3 Å². The number of aromatic nitrogens is 1. The van der Waals surface area contributed by atoms with E-state index in [1.807, 2.05) is 42.5 Å². The summed E-state index contributed by atoms with van der Waals surface area (Å²) < 4.78 is 0. The van der Waals surface area contributed by atoms with Crippen LogP contribution in [0.15, 0.2) is 71.7 Å². The summed E-state index contributed by atoms with van der Waals surface area (Å²) in [6.45, 7) is 2.68. The van der Waals surface area contributed by atoms with E-state index in [4.69, 9.17) is 4.98 Å². The molecule has 0 bridgehead atoms. The highest BCUT2D eigenvalue weighted by atomic mass is 32.2. The molecule has 8 heteroatoms. The van der Waals surface area contributed by atoms with Crippen LogP contribution in [0.5, 0.6) is 0 Å². The van der Waals surface area contributed by atoms with Crippen molar-refractivity contribution >= 4 is 60.9 Å². The van der Waals surface area contributed by atoms with E-state index in [9.17, 15) is 9.59 Å². The molecule has 2 amide bonds. The number of fused-ring (bicyclic) bond motifs is 2. The number of nitrogens with one attached hydrogen (secondary N) is 2. The molecule has 6 rings (SSSR count). The van der Waals surface area contributed by atoms with Crippen LogP contribution in [0.25, 0.3) is 15.1 Å². The summed E-state index contributed by atoms with van der Waals surface area (Å²) in [5.41, 5.74) is 5.65. The molecule has 2 N–H and O–H groups in total. The van der Waals surface area contributed by atoms with Crippen LogP contribution in [0, 0.1) is 0 Å². The van der Waals surface area contributed by atoms with Crippen LogP contribution >= 0.6 is 23.1 Å². The molecule has 0 unspecified atom stereocenters. The minimum absolute atomic E-state index is 0.244. The van der Waals surface area contributed by atoms with Crippen LogP contribution in [0.2, 0.25) is 0 Å². The molecule has 3 heterocycles. The van der Waals surface area contributed by atoms with Gasteiger partial charge in [0.1, 0.15) is 9.71 Å². The van der Waals surface area contributed by atoms with E-state index in [0.717, 1.165) is 64.9 Å². The zero-order valence-electron chi connectivity index (χ0n) is 23.0. The molecular weight excluding hydrogens is 549 g/mol. The summed E-state index contributed by atoms with van der Waals surface area (Å²) in [6.07, 6.45) is 9.20. The highest BCUT2D eigenvalue weighted by molar-refractivity contribution is 8.21. The van der Waals surface area contributed by atoms with Crippen LogP contribution in [-0.2, 0) is 19.3 Å². The van der Waals surface area contributed by atoms with Gasteiger partial charge in [-0.3, -0.25) is 14.6 Å². The van der Waals surface area contributed by atoms with Crippen molar-refractivity contribution in [3.8, 4) is 0 Å². The normalized spacial score (nSPS) is 15.2. The number of thioether (sulfide) groups is 1. The van der Waals surface area contributed by atoms with Gasteiger partial charge in [-0.25, -0.2) is 4.98 Å². The molecule has 0 saturated carbocycles. The summed E-state index contributed by atoms with van der Waals surface area (Å²) in [6, 6.07) is 19.9. The van der Waals surface area contributed by atoms with Gasteiger partial charge in [0.15, 0.2) is 5.17 Å². The number of pyridine rings is 1. The molecule has 0 spiro atoms. The predicted molar refractivity (Wildman–Crippen MR) is 171 cm³/mol. The van der Waals surface area contributed by atoms with E-state index < -0.39 is 0 Å². The number of amides is 2. The third kappa shape index (κ3) is 6.14. The average Bonchev–Trinajstić information content (AvgIpc) is 3.16. The molecule has 208 valence electrons. The Morgan fingerprint density at radius 2 is 1.73 bits per heavy atom. The van der Waals surface area contributed by atoms with Crippen molar-refractivity contribution in [1.29, 1.82) is 0 Å². The Morgan fingerprint density at radius 3 is 2.54 bits per heavy atom. The van der Waals surface area contributed by atoms with Crippen LogP contribution in [0.4, 0.5) is 5.69 Å². The number of aliphatic imine (C=N–C) groups is 1. The zero-order chi connectivity index (χ0) is 28.2. The van der Waals surface area contributed by atoms with Crippen LogP contribution < -0.4 is 10.6 Å². The highest BCUT2D eigenvalue weighted by Gasteiger charge is 2.25. The van der Waals surface area contributed by atoms with Crippen molar-refractivity contribution in [3.05, 3.63) is 99.6 Å². The van der Waals surface area contributed by atoms with Crippen LogP contribution in [0.3, 0.4) is 0 Å². The second kappa shape index (κ2) is 12.4. The minimum atomic E-state index is -0.291. The van der Waals surface area contributed by atoms with E-state index in [1.165, 1.54) is 40.6 Å². The molecular formula is C33H32N4O2S2. The van der Waals surface area contributed by atoms with E-state index >= 15 is 0 Å². The molecule has 6 nitrogen and oxygen atoms in total. The number of thiophene rings is 1. The minimum Gasteiger partial charge on any atom is -0.320 e. The lowest BCUT2D eigenvalue weighted by Gasteiger charge is -2.11. The van der Waals surface area contributed by atoms with Crippen molar-refractivity contribution in [3.63, 3.8) is 0 Å². The molecule has 2 aromatic heterocycles. The maximum atomic E-state index is 13.8. The van der Waals surface area contributed by atoms with E-state index in [0.29, 0.717) is 27.8 Å². The van der Waals surface area contributed by atoms with Gasteiger partial charge in [-0.1, -0.05) is 73.6 Å². The number of amidine groups is 1. The van der Waals surface area contributed by atoms with Crippen molar-refractivity contribution < 1.29 is 9.59 Å². The first-order chi connectivity index (χ1) is 20.1. The first-order valence-corrected chi connectivity index (χ1v) is 15.9. The Balaban J connectivity index is 1.33. The average molecular weight is 581 g/mol. The lowest BCUT2D eigenvalue weighted by Crippen LogP contribution is -2.28. The van der Waals surface area contributed by atoms with Crippen LogP contribution in [-0.4, -0.2) is 28.5 Å². The number of hydrogen-bond donors (Lipinski definition) is 2. The number of carbonyl (C=O) groups is 2. The molecule has 2 aliphatic rings. The fourth-order valence-corrected chi connectivity index (χ4v) is 7.21. The molecule has 2 aromatic carbocycles. The predicted octanol–water partition coefficient (Wildman–Crippen LogP) is 7.64. The number of rotatable bonds is 5. The van der Waals surface area contributed by atoms with Crippen LogP contribution in [0.1, 0.15) is 75.0 Å².